The lowest BCUT2D eigenvalue weighted by Crippen LogP contribution is -1.88. The zero-order valence-electron chi connectivity index (χ0n) is 14.3. The standard InChI is InChI=1S/C15H20O.2C2H6/c1-5-9-13-15(12-8-4)16-14(10-6-2)11-7-3;2*1-2/h5-13H,2H2,1,3-4H3;2*1-2H3/b9-5-,11-7-,12-8-,14-10+,15-13+;;. The van der Waals surface area contributed by atoms with E-state index in [-0.39, 0.29) is 0 Å². The summed E-state index contributed by atoms with van der Waals surface area (Å²) in [5.41, 5.74) is 0. The van der Waals surface area contributed by atoms with E-state index < -0.39 is 0 Å². The Kier molecular flexibility index (Phi) is 26.2. The van der Waals surface area contributed by atoms with Crippen LogP contribution >= 0.6 is 0 Å². The molecule has 0 bridgehead atoms. The normalized spacial score (nSPS) is 11.9. The molecule has 0 aliphatic carbocycles. The van der Waals surface area contributed by atoms with E-state index in [0.717, 1.165) is 11.5 Å². The van der Waals surface area contributed by atoms with Crippen molar-refractivity contribution in [3.63, 3.8) is 0 Å². The zero-order chi connectivity index (χ0) is 16.2. The summed E-state index contributed by atoms with van der Waals surface area (Å²) in [6, 6.07) is 0. The molecule has 0 N–H and O–H groups in total. The van der Waals surface area contributed by atoms with Crippen molar-refractivity contribution in [3.8, 4) is 0 Å². The van der Waals surface area contributed by atoms with Crippen molar-refractivity contribution in [1.29, 1.82) is 0 Å². The maximum absolute atomic E-state index is 5.70. The first kappa shape index (κ1) is 23.3. The third kappa shape index (κ3) is 16.2. The highest BCUT2D eigenvalue weighted by atomic mass is 16.5. The molecule has 0 aliphatic heterocycles. The SMILES string of the molecule is C=C/C=C(\C=C/C)OC(/C=C\C)=C/C=C\C.CC.CC. The number of hydrogen-bond acceptors (Lipinski definition) is 1. The van der Waals surface area contributed by atoms with Crippen LogP contribution in [0.5, 0.6) is 0 Å². The van der Waals surface area contributed by atoms with Gasteiger partial charge in [-0.25, -0.2) is 0 Å². The summed E-state index contributed by atoms with van der Waals surface area (Å²) in [6.45, 7) is 17.5. The molecule has 0 heterocycles. The van der Waals surface area contributed by atoms with E-state index in [1.165, 1.54) is 0 Å². The minimum atomic E-state index is 0.770. The van der Waals surface area contributed by atoms with E-state index >= 15 is 0 Å². The average Bonchev–Trinajstić information content (AvgIpc) is 2.49. The summed E-state index contributed by atoms with van der Waals surface area (Å²) < 4.78 is 5.70. The van der Waals surface area contributed by atoms with E-state index in [0.29, 0.717) is 0 Å². The lowest BCUT2D eigenvalue weighted by Gasteiger charge is -2.06. The molecule has 0 aliphatic rings. The average molecular weight is 276 g/mol. The van der Waals surface area contributed by atoms with E-state index in [1.807, 2.05) is 97.1 Å². The fourth-order valence-electron chi connectivity index (χ4n) is 1.02. The molecule has 1 nitrogen and oxygen atoms in total. The van der Waals surface area contributed by atoms with Gasteiger partial charge in [-0.05, 0) is 45.1 Å². The molecule has 0 amide bonds. The largest absolute Gasteiger partial charge is 0.457 e. The van der Waals surface area contributed by atoms with Crippen LogP contribution in [0.15, 0.2) is 72.8 Å². The van der Waals surface area contributed by atoms with Crippen LogP contribution in [-0.2, 0) is 4.74 Å². The first-order valence-electron chi connectivity index (χ1n) is 7.37. The van der Waals surface area contributed by atoms with E-state index in [9.17, 15) is 0 Å². The first-order chi connectivity index (χ1) is 9.78. The third-order valence-electron chi connectivity index (χ3n) is 1.63. The molecule has 0 aromatic carbocycles. The monoisotopic (exact) mass is 276 g/mol. The topological polar surface area (TPSA) is 9.23 Å². The van der Waals surface area contributed by atoms with Crippen LogP contribution in [-0.4, -0.2) is 0 Å². The molecule has 0 fully saturated rings. The molecule has 1 heteroatoms. The summed E-state index contributed by atoms with van der Waals surface area (Å²) in [5.74, 6) is 1.57. The van der Waals surface area contributed by atoms with Gasteiger partial charge in [0.15, 0.2) is 0 Å². The van der Waals surface area contributed by atoms with E-state index in [1.54, 1.807) is 6.08 Å². The molecule has 114 valence electrons. The van der Waals surface area contributed by atoms with Gasteiger partial charge in [-0.2, -0.15) is 0 Å². The maximum Gasteiger partial charge on any atom is 0.127 e. The Hall–Kier alpha value is -1.76. The lowest BCUT2D eigenvalue weighted by atomic mass is 10.3. The highest BCUT2D eigenvalue weighted by Crippen LogP contribution is 2.10. The predicted molar refractivity (Wildman–Crippen MR) is 94.6 cm³/mol. The summed E-state index contributed by atoms with van der Waals surface area (Å²) in [4.78, 5) is 0. The molecular weight excluding hydrogens is 244 g/mol. The highest BCUT2D eigenvalue weighted by molar-refractivity contribution is 5.24. The van der Waals surface area contributed by atoms with Gasteiger partial charge in [-0.3, -0.25) is 0 Å². The number of rotatable bonds is 6. The minimum Gasteiger partial charge on any atom is -0.457 e. The Morgan fingerprint density at radius 2 is 1.20 bits per heavy atom. The molecule has 20 heavy (non-hydrogen) atoms. The molecule has 0 saturated carbocycles. The Labute approximate surface area is 126 Å². The fourth-order valence-corrected chi connectivity index (χ4v) is 1.02. The highest BCUT2D eigenvalue weighted by Gasteiger charge is 1.95. The van der Waals surface area contributed by atoms with Crippen molar-refractivity contribution in [1.82, 2.24) is 0 Å². The summed E-state index contributed by atoms with van der Waals surface area (Å²) >= 11 is 0. The number of allylic oxidation sites excluding steroid dienone is 9. The van der Waals surface area contributed by atoms with Crippen LogP contribution in [0.3, 0.4) is 0 Å². The van der Waals surface area contributed by atoms with Crippen LogP contribution in [0, 0.1) is 0 Å². The molecule has 0 atom stereocenters. The van der Waals surface area contributed by atoms with Crippen molar-refractivity contribution < 1.29 is 4.74 Å². The second kappa shape index (κ2) is 22.4. The molecule has 0 saturated heterocycles. The fraction of sp³-hybridized carbons (Fsp3) is 0.368. The number of ether oxygens (including phenoxy) is 1. The van der Waals surface area contributed by atoms with Crippen molar-refractivity contribution >= 4 is 0 Å². The van der Waals surface area contributed by atoms with Gasteiger partial charge in [0.05, 0.1) is 0 Å². The number of hydrogen-bond donors (Lipinski definition) is 0. The Morgan fingerprint density at radius 1 is 0.750 bits per heavy atom. The van der Waals surface area contributed by atoms with Gasteiger partial charge in [0.2, 0.25) is 0 Å². The Morgan fingerprint density at radius 3 is 1.55 bits per heavy atom. The Bertz CT molecular complexity index is 339. The molecule has 0 unspecified atom stereocenters. The summed E-state index contributed by atoms with van der Waals surface area (Å²) in [5, 5.41) is 0. The van der Waals surface area contributed by atoms with Gasteiger partial charge in [0.1, 0.15) is 11.5 Å². The molecule has 0 spiro atoms. The smallest absolute Gasteiger partial charge is 0.127 e. The van der Waals surface area contributed by atoms with Crippen LogP contribution < -0.4 is 0 Å². The minimum absolute atomic E-state index is 0.770. The van der Waals surface area contributed by atoms with Gasteiger partial charge < -0.3 is 4.74 Å². The van der Waals surface area contributed by atoms with Crippen molar-refractivity contribution in [3.05, 3.63) is 72.8 Å². The van der Waals surface area contributed by atoms with Gasteiger partial charge in [-0.15, -0.1) is 0 Å². The van der Waals surface area contributed by atoms with Crippen LogP contribution in [0.2, 0.25) is 0 Å². The van der Waals surface area contributed by atoms with Crippen LogP contribution in [0.4, 0.5) is 0 Å². The van der Waals surface area contributed by atoms with Crippen molar-refractivity contribution in [2.45, 2.75) is 48.5 Å². The summed E-state index contributed by atoms with van der Waals surface area (Å²) in [6.07, 6.45) is 17.0. The van der Waals surface area contributed by atoms with Gasteiger partial charge in [0, 0.05) is 0 Å². The second-order valence-corrected chi connectivity index (χ2v) is 3.00. The zero-order valence-corrected chi connectivity index (χ0v) is 14.3. The third-order valence-corrected chi connectivity index (χ3v) is 1.63. The van der Waals surface area contributed by atoms with Crippen molar-refractivity contribution in [2.24, 2.45) is 0 Å². The van der Waals surface area contributed by atoms with Crippen molar-refractivity contribution in [2.75, 3.05) is 0 Å². The molecule has 0 aromatic heterocycles. The van der Waals surface area contributed by atoms with Gasteiger partial charge in [0.25, 0.3) is 0 Å². The quantitative estimate of drug-likeness (QED) is 0.385. The molecule has 0 rings (SSSR count). The van der Waals surface area contributed by atoms with E-state index in [4.69, 9.17) is 4.74 Å². The lowest BCUT2D eigenvalue weighted by molar-refractivity contribution is 0.336. The van der Waals surface area contributed by atoms with Crippen LogP contribution in [0.1, 0.15) is 48.5 Å². The first-order valence-corrected chi connectivity index (χ1v) is 7.37. The molecule has 0 radical (unpaired) electrons. The summed E-state index contributed by atoms with van der Waals surface area (Å²) in [7, 11) is 0. The van der Waals surface area contributed by atoms with E-state index in [2.05, 4.69) is 6.58 Å². The predicted octanol–water partition coefficient (Wildman–Crippen LogP) is 6.74. The maximum atomic E-state index is 5.70. The van der Waals surface area contributed by atoms with Gasteiger partial charge in [-0.1, -0.05) is 64.7 Å². The second-order valence-electron chi connectivity index (χ2n) is 3.00. The molecular formula is C19H32O. The molecule has 0 aromatic rings. The van der Waals surface area contributed by atoms with Gasteiger partial charge >= 0.3 is 0 Å². The Balaban J connectivity index is -0.000000656. The van der Waals surface area contributed by atoms with Crippen LogP contribution in [0.25, 0.3) is 0 Å².